The summed E-state index contributed by atoms with van der Waals surface area (Å²) in [5.41, 5.74) is 1.25. The first kappa shape index (κ1) is 32.5. The average molecular weight is 614 g/mol. The molecule has 3 N–H and O–H groups in total. The lowest BCUT2D eigenvalue weighted by Crippen LogP contribution is -2.56. The number of benzene rings is 1. The van der Waals surface area contributed by atoms with Gasteiger partial charge in [0.1, 0.15) is 17.5 Å². The molecule has 2 atom stereocenters. The Kier molecular flexibility index (Phi) is 10.9. The van der Waals surface area contributed by atoms with Gasteiger partial charge in [0.15, 0.2) is 6.61 Å². The molecule has 2 aromatic rings. The number of likely N-dealkylation sites (tertiary alicyclic amines) is 1. The SMILES string of the molecule is CCOC(=O)N1CCN(C(=O)[C@H](CCC(=O)O)NC(=O)c2cc(OCC(=O)N3CCC[C@@H]3CO)c3ccc(C)cc3n2)CC1. The third kappa shape index (κ3) is 7.92. The van der Waals surface area contributed by atoms with E-state index in [1.165, 1.54) is 15.9 Å². The Morgan fingerprint density at radius 3 is 2.48 bits per heavy atom. The van der Waals surface area contributed by atoms with Crippen molar-refractivity contribution in [3.8, 4) is 5.75 Å². The van der Waals surface area contributed by atoms with Gasteiger partial charge in [0, 0.05) is 50.6 Å². The minimum absolute atomic E-state index is 0.0692. The van der Waals surface area contributed by atoms with Gasteiger partial charge in [-0.05, 0) is 50.8 Å². The Balaban J connectivity index is 1.51. The number of pyridine rings is 1. The Morgan fingerprint density at radius 2 is 1.80 bits per heavy atom. The highest BCUT2D eigenvalue weighted by atomic mass is 16.6. The van der Waals surface area contributed by atoms with Crippen molar-refractivity contribution in [2.45, 2.75) is 51.6 Å². The van der Waals surface area contributed by atoms with Crippen LogP contribution in [0.2, 0.25) is 0 Å². The number of nitrogens with zero attached hydrogens (tertiary/aromatic N) is 4. The molecular formula is C30H39N5O9. The zero-order valence-electron chi connectivity index (χ0n) is 25.0. The van der Waals surface area contributed by atoms with E-state index in [4.69, 9.17) is 9.47 Å². The van der Waals surface area contributed by atoms with Crippen LogP contribution in [0.3, 0.4) is 0 Å². The molecule has 4 amide bonds. The van der Waals surface area contributed by atoms with E-state index >= 15 is 0 Å². The Labute approximate surface area is 254 Å². The van der Waals surface area contributed by atoms with Crippen molar-refractivity contribution in [1.82, 2.24) is 25.0 Å². The molecule has 4 rings (SSSR count). The molecule has 2 fully saturated rings. The summed E-state index contributed by atoms with van der Waals surface area (Å²) in [5, 5.41) is 22.1. The molecule has 0 bridgehead atoms. The molecule has 0 spiro atoms. The normalized spacial score (nSPS) is 17.3. The molecular weight excluding hydrogens is 574 g/mol. The highest BCUT2D eigenvalue weighted by molar-refractivity contribution is 5.99. The third-order valence-electron chi connectivity index (χ3n) is 7.79. The summed E-state index contributed by atoms with van der Waals surface area (Å²) >= 11 is 0. The maximum Gasteiger partial charge on any atom is 0.409 e. The predicted octanol–water partition coefficient (Wildman–Crippen LogP) is 1.17. The van der Waals surface area contributed by atoms with E-state index in [2.05, 4.69) is 10.3 Å². The zero-order chi connectivity index (χ0) is 31.8. The quantitative estimate of drug-likeness (QED) is 0.333. The minimum Gasteiger partial charge on any atom is -0.483 e. The lowest BCUT2D eigenvalue weighted by Gasteiger charge is -2.35. The summed E-state index contributed by atoms with van der Waals surface area (Å²) in [6.07, 6.45) is 0.533. The highest BCUT2D eigenvalue weighted by Gasteiger charge is 2.32. The number of ether oxygens (including phenoxy) is 2. The fourth-order valence-electron chi connectivity index (χ4n) is 5.42. The third-order valence-corrected chi connectivity index (χ3v) is 7.79. The maximum absolute atomic E-state index is 13.5. The number of hydrogen-bond acceptors (Lipinski definition) is 9. The molecule has 14 heteroatoms. The largest absolute Gasteiger partial charge is 0.483 e. The van der Waals surface area contributed by atoms with Crippen molar-refractivity contribution >= 4 is 40.7 Å². The standard InChI is InChI=1S/C30H39N5O9/c1-3-43-30(42)34-13-11-33(12-14-34)29(41)22(8-9-27(38)39)32-28(40)24-16-25(21-7-6-19(2)15-23(21)31-24)44-18-26(37)35-10-4-5-20(35)17-36/h6-7,15-16,20,22,36H,3-5,8-14,17-18H2,1-2H3,(H,32,40)(H,38,39)/t20-,22+/m1/s1. The van der Waals surface area contributed by atoms with Gasteiger partial charge in [-0.25, -0.2) is 9.78 Å². The second kappa shape index (κ2) is 14.8. The first-order chi connectivity index (χ1) is 21.1. The van der Waals surface area contributed by atoms with Crippen LogP contribution in [0.15, 0.2) is 24.3 Å². The first-order valence-electron chi connectivity index (χ1n) is 14.8. The number of rotatable bonds is 11. The Morgan fingerprint density at radius 1 is 1.07 bits per heavy atom. The highest BCUT2D eigenvalue weighted by Crippen LogP contribution is 2.27. The number of aliphatic carboxylic acids is 1. The molecule has 44 heavy (non-hydrogen) atoms. The number of piperazine rings is 1. The number of aliphatic hydroxyl groups excluding tert-OH is 1. The molecule has 2 aliphatic heterocycles. The van der Waals surface area contributed by atoms with Gasteiger partial charge in [0.25, 0.3) is 11.8 Å². The van der Waals surface area contributed by atoms with Crippen molar-refractivity contribution in [2.24, 2.45) is 0 Å². The number of carbonyl (C=O) groups is 5. The number of aliphatic hydroxyl groups is 1. The minimum atomic E-state index is -1.15. The summed E-state index contributed by atoms with van der Waals surface area (Å²) in [6, 6.07) is 5.38. The molecule has 0 unspecified atom stereocenters. The van der Waals surface area contributed by atoms with Gasteiger partial charge in [-0.15, -0.1) is 0 Å². The fourth-order valence-corrected chi connectivity index (χ4v) is 5.42. The second-order valence-corrected chi connectivity index (χ2v) is 10.9. The Bertz CT molecular complexity index is 1390. The van der Waals surface area contributed by atoms with E-state index in [0.29, 0.717) is 23.9 Å². The first-order valence-corrected chi connectivity index (χ1v) is 14.8. The lowest BCUT2D eigenvalue weighted by atomic mass is 10.1. The van der Waals surface area contributed by atoms with Gasteiger partial charge in [-0.3, -0.25) is 19.2 Å². The van der Waals surface area contributed by atoms with E-state index in [-0.39, 0.29) is 82.2 Å². The van der Waals surface area contributed by atoms with E-state index in [1.807, 2.05) is 13.0 Å². The fraction of sp³-hybridized carbons (Fsp3) is 0.533. The lowest BCUT2D eigenvalue weighted by molar-refractivity contribution is -0.138. The average Bonchev–Trinajstić information content (AvgIpc) is 3.50. The molecule has 3 heterocycles. The number of hydrogen-bond donors (Lipinski definition) is 3. The van der Waals surface area contributed by atoms with Gasteiger partial charge in [-0.1, -0.05) is 6.07 Å². The van der Waals surface area contributed by atoms with Crippen LogP contribution in [0.4, 0.5) is 4.79 Å². The summed E-state index contributed by atoms with van der Waals surface area (Å²) in [5.74, 6) is -2.33. The number of carboxylic acids is 1. The predicted molar refractivity (Wildman–Crippen MR) is 157 cm³/mol. The number of carbonyl (C=O) groups excluding carboxylic acids is 4. The van der Waals surface area contributed by atoms with Crippen LogP contribution in [-0.2, 0) is 19.1 Å². The van der Waals surface area contributed by atoms with Crippen LogP contribution >= 0.6 is 0 Å². The number of aromatic nitrogens is 1. The molecule has 2 aliphatic rings. The summed E-state index contributed by atoms with van der Waals surface area (Å²) < 4.78 is 10.9. The van der Waals surface area contributed by atoms with Crippen molar-refractivity contribution < 1.29 is 43.7 Å². The van der Waals surface area contributed by atoms with Crippen LogP contribution < -0.4 is 10.1 Å². The van der Waals surface area contributed by atoms with Gasteiger partial charge < -0.3 is 39.7 Å². The number of amides is 4. The number of fused-ring (bicyclic) bond motifs is 1. The zero-order valence-corrected chi connectivity index (χ0v) is 25.0. The van der Waals surface area contributed by atoms with Crippen LogP contribution in [0.1, 0.15) is 48.7 Å². The van der Waals surface area contributed by atoms with Gasteiger partial charge >= 0.3 is 12.1 Å². The maximum atomic E-state index is 13.5. The van der Waals surface area contributed by atoms with Crippen LogP contribution in [0.5, 0.6) is 5.75 Å². The number of nitrogens with one attached hydrogen (secondary N) is 1. The van der Waals surface area contributed by atoms with Gasteiger partial charge in [-0.2, -0.15) is 0 Å². The van der Waals surface area contributed by atoms with Crippen molar-refractivity contribution in [3.63, 3.8) is 0 Å². The van der Waals surface area contributed by atoms with Gasteiger partial charge in [0.2, 0.25) is 5.91 Å². The molecule has 0 radical (unpaired) electrons. The smallest absolute Gasteiger partial charge is 0.409 e. The Hall–Kier alpha value is -4.46. The number of carboxylic acid groups (broad SMARTS) is 1. The molecule has 1 aromatic heterocycles. The molecule has 2 saturated heterocycles. The monoisotopic (exact) mass is 613 g/mol. The van der Waals surface area contributed by atoms with E-state index in [0.717, 1.165) is 12.0 Å². The second-order valence-electron chi connectivity index (χ2n) is 10.9. The van der Waals surface area contributed by atoms with Gasteiger partial charge in [0.05, 0.1) is 24.8 Å². The van der Waals surface area contributed by atoms with Crippen LogP contribution in [0, 0.1) is 6.92 Å². The summed E-state index contributed by atoms with van der Waals surface area (Å²) in [4.78, 5) is 72.2. The van der Waals surface area contributed by atoms with Crippen molar-refractivity contribution in [3.05, 3.63) is 35.5 Å². The summed E-state index contributed by atoms with van der Waals surface area (Å²) in [6.45, 7) is 4.78. The molecule has 14 nitrogen and oxygen atoms in total. The molecule has 238 valence electrons. The van der Waals surface area contributed by atoms with Crippen LogP contribution in [-0.4, -0.2) is 124 Å². The van der Waals surface area contributed by atoms with Crippen LogP contribution in [0.25, 0.3) is 10.9 Å². The van der Waals surface area contributed by atoms with E-state index in [9.17, 15) is 34.2 Å². The van der Waals surface area contributed by atoms with E-state index in [1.54, 1.807) is 24.0 Å². The topological polar surface area (TPSA) is 179 Å². The van der Waals surface area contributed by atoms with Crippen molar-refractivity contribution in [1.29, 1.82) is 0 Å². The number of aryl methyl sites for hydroxylation is 1. The van der Waals surface area contributed by atoms with E-state index < -0.39 is 29.9 Å². The molecule has 0 aliphatic carbocycles. The molecule has 0 saturated carbocycles. The van der Waals surface area contributed by atoms with Crippen molar-refractivity contribution in [2.75, 3.05) is 52.5 Å². The summed E-state index contributed by atoms with van der Waals surface area (Å²) in [7, 11) is 0. The molecule has 1 aromatic carbocycles.